The van der Waals surface area contributed by atoms with Gasteiger partial charge in [-0.05, 0) is 25.0 Å². The van der Waals surface area contributed by atoms with Crippen LogP contribution in [0.2, 0.25) is 0 Å². The fraction of sp³-hybridized carbons (Fsp3) is 0.333. The molecule has 30 heavy (non-hydrogen) atoms. The highest BCUT2D eigenvalue weighted by atomic mass is 15.3. The van der Waals surface area contributed by atoms with Crippen molar-refractivity contribution in [3.63, 3.8) is 0 Å². The Hall–Kier alpha value is -3.12. The zero-order valence-electron chi connectivity index (χ0n) is 17.7. The van der Waals surface area contributed by atoms with Gasteiger partial charge in [0.25, 0.3) is 0 Å². The fourth-order valence-corrected chi connectivity index (χ4v) is 4.10. The molecule has 0 unspecified atom stereocenters. The average molecular weight is 403 g/mol. The molecule has 6 nitrogen and oxygen atoms in total. The van der Waals surface area contributed by atoms with Crippen LogP contribution in [0.5, 0.6) is 0 Å². The van der Waals surface area contributed by atoms with Gasteiger partial charge in [0.05, 0.1) is 6.04 Å². The monoisotopic (exact) mass is 402 g/mol. The van der Waals surface area contributed by atoms with Gasteiger partial charge in [-0.25, -0.2) is 9.97 Å². The van der Waals surface area contributed by atoms with Crippen molar-refractivity contribution < 1.29 is 0 Å². The number of nitrogens with two attached hydrogens (primary N) is 1. The molecule has 1 fully saturated rings. The molecule has 156 valence electrons. The highest BCUT2D eigenvalue weighted by Crippen LogP contribution is 2.32. The van der Waals surface area contributed by atoms with Crippen molar-refractivity contribution in [1.82, 2.24) is 14.9 Å². The lowest BCUT2D eigenvalue weighted by Gasteiger charge is -2.40. The van der Waals surface area contributed by atoms with Crippen LogP contribution in [-0.4, -0.2) is 47.1 Å². The van der Waals surface area contributed by atoms with Crippen molar-refractivity contribution in [3.05, 3.63) is 78.1 Å². The smallest absolute Gasteiger partial charge is 0.157 e. The number of anilines is 3. The number of aromatic nitrogens is 2. The Kier molecular flexibility index (Phi) is 6.14. The second kappa shape index (κ2) is 9.13. The molecule has 0 bridgehead atoms. The minimum atomic E-state index is 0.246. The molecule has 0 atom stereocenters. The van der Waals surface area contributed by atoms with Gasteiger partial charge in [0.1, 0.15) is 12.0 Å². The second-order valence-electron chi connectivity index (χ2n) is 8.01. The van der Waals surface area contributed by atoms with E-state index in [9.17, 15) is 0 Å². The molecule has 1 aliphatic heterocycles. The van der Waals surface area contributed by atoms with Crippen molar-refractivity contribution in [2.45, 2.75) is 25.9 Å². The third kappa shape index (κ3) is 4.39. The molecule has 0 saturated carbocycles. The summed E-state index contributed by atoms with van der Waals surface area (Å²) in [5.74, 6) is 1.53. The van der Waals surface area contributed by atoms with Crippen molar-refractivity contribution >= 4 is 17.3 Å². The first-order valence-electron chi connectivity index (χ1n) is 10.6. The molecule has 4 rings (SSSR count). The lowest BCUT2D eigenvalue weighted by atomic mass is 9.96. The van der Waals surface area contributed by atoms with Crippen molar-refractivity contribution in [2.24, 2.45) is 0 Å². The highest BCUT2D eigenvalue weighted by molar-refractivity contribution is 5.75. The lowest BCUT2D eigenvalue weighted by molar-refractivity contribution is 0.212. The van der Waals surface area contributed by atoms with Crippen LogP contribution in [0.25, 0.3) is 0 Å². The fourth-order valence-electron chi connectivity index (χ4n) is 4.10. The number of nitrogens with one attached hydrogen (secondary N) is 1. The summed E-state index contributed by atoms with van der Waals surface area (Å²) in [6.07, 6.45) is 1.60. The van der Waals surface area contributed by atoms with Crippen molar-refractivity contribution in [3.8, 4) is 0 Å². The van der Waals surface area contributed by atoms with Gasteiger partial charge in [-0.15, -0.1) is 0 Å². The van der Waals surface area contributed by atoms with Crippen LogP contribution in [0.4, 0.5) is 17.3 Å². The number of hydrogen-bond acceptors (Lipinski definition) is 6. The van der Waals surface area contributed by atoms with E-state index in [-0.39, 0.29) is 12.1 Å². The van der Waals surface area contributed by atoms with Gasteiger partial charge in [-0.3, -0.25) is 4.90 Å². The summed E-state index contributed by atoms with van der Waals surface area (Å²) in [6.45, 7) is 7.77. The first-order chi connectivity index (χ1) is 14.6. The maximum atomic E-state index is 6.40. The van der Waals surface area contributed by atoms with Crippen LogP contribution in [-0.2, 0) is 0 Å². The predicted molar refractivity (Wildman–Crippen MR) is 124 cm³/mol. The topological polar surface area (TPSA) is 70.3 Å². The summed E-state index contributed by atoms with van der Waals surface area (Å²) >= 11 is 0. The maximum absolute atomic E-state index is 6.40. The minimum Gasteiger partial charge on any atom is -0.393 e. The largest absolute Gasteiger partial charge is 0.393 e. The molecule has 0 radical (unpaired) electrons. The molecule has 1 saturated heterocycles. The third-order valence-corrected chi connectivity index (χ3v) is 5.50. The second-order valence-corrected chi connectivity index (χ2v) is 8.01. The Bertz CT molecular complexity index is 897. The summed E-state index contributed by atoms with van der Waals surface area (Å²) in [4.78, 5) is 13.6. The molecular formula is C24H30N6. The summed E-state index contributed by atoms with van der Waals surface area (Å²) in [7, 11) is 0. The first kappa shape index (κ1) is 20.2. The lowest BCUT2D eigenvalue weighted by Crippen LogP contribution is -2.48. The molecule has 0 amide bonds. The number of benzene rings is 2. The van der Waals surface area contributed by atoms with E-state index in [2.05, 4.69) is 99.6 Å². The Morgan fingerprint density at radius 3 is 1.93 bits per heavy atom. The molecule has 2 aromatic carbocycles. The normalized spacial score (nSPS) is 15.0. The van der Waals surface area contributed by atoms with Gasteiger partial charge >= 0.3 is 0 Å². The molecule has 3 aromatic rings. The number of rotatable bonds is 6. The molecule has 2 heterocycles. The average Bonchev–Trinajstić information content (AvgIpc) is 2.77. The number of nitrogens with zero attached hydrogens (tertiary/aromatic N) is 4. The van der Waals surface area contributed by atoms with E-state index in [0.29, 0.717) is 11.5 Å². The van der Waals surface area contributed by atoms with Gasteiger partial charge in [-0.2, -0.15) is 0 Å². The van der Waals surface area contributed by atoms with E-state index < -0.39 is 0 Å². The quantitative estimate of drug-likeness (QED) is 0.654. The predicted octanol–water partition coefficient (Wildman–Crippen LogP) is 3.79. The molecule has 0 spiro atoms. The van der Waals surface area contributed by atoms with Crippen LogP contribution in [0.1, 0.15) is 31.0 Å². The van der Waals surface area contributed by atoms with Crippen LogP contribution < -0.4 is 16.0 Å². The molecule has 3 N–H and O–H groups in total. The van der Waals surface area contributed by atoms with Crippen LogP contribution in [0.15, 0.2) is 67.0 Å². The summed E-state index contributed by atoms with van der Waals surface area (Å²) in [5.41, 5.74) is 9.67. The Balaban J connectivity index is 1.53. The molecule has 0 aliphatic carbocycles. The zero-order valence-corrected chi connectivity index (χ0v) is 17.7. The number of nitrogen functional groups attached to an aromatic ring is 1. The molecule has 1 aromatic heterocycles. The van der Waals surface area contributed by atoms with Crippen LogP contribution in [0.3, 0.4) is 0 Å². The van der Waals surface area contributed by atoms with E-state index in [1.54, 1.807) is 6.33 Å². The van der Waals surface area contributed by atoms with Gasteiger partial charge in [0, 0.05) is 32.2 Å². The number of hydrogen-bond donors (Lipinski definition) is 2. The van der Waals surface area contributed by atoms with Gasteiger partial charge < -0.3 is 16.0 Å². The molecule has 6 heteroatoms. The van der Waals surface area contributed by atoms with Crippen LogP contribution in [0, 0.1) is 0 Å². The van der Waals surface area contributed by atoms with Crippen LogP contribution >= 0.6 is 0 Å². The molecule has 1 aliphatic rings. The standard InChI is InChI=1S/C24H30N6/c1-18(2)28-23-21(25)24(27-17-26-23)30-15-13-29(14-16-30)22(19-9-5-3-6-10-19)20-11-7-4-8-12-20/h3-12,17-18,22H,13-16,25H2,1-2H3,(H,26,27,28). The summed E-state index contributed by atoms with van der Waals surface area (Å²) < 4.78 is 0. The van der Waals surface area contributed by atoms with Crippen molar-refractivity contribution in [1.29, 1.82) is 0 Å². The van der Waals surface area contributed by atoms with Gasteiger partial charge in [0.15, 0.2) is 11.6 Å². The Morgan fingerprint density at radius 1 is 0.833 bits per heavy atom. The Labute approximate surface area is 178 Å². The van der Waals surface area contributed by atoms with Gasteiger partial charge in [-0.1, -0.05) is 60.7 Å². The Morgan fingerprint density at radius 2 is 1.40 bits per heavy atom. The first-order valence-corrected chi connectivity index (χ1v) is 10.6. The minimum absolute atomic E-state index is 0.246. The highest BCUT2D eigenvalue weighted by Gasteiger charge is 2.28. The maximum Gasteiger partial charge on any atom is 0.157 e. The van der Waals surface area contributed by atoms with E-state index in [1.807, 2.05) is 0 Å². The van der Waals surface area contributed by atoms with E-state index in [1.165, 1.54) is 11.1 Å². The summed E-state index contributed by atoms with van der Waals surface area (Å²) in [5, 5.41) is 3.31. The third-order valence-electron chi connectivity index (χ3n) is 5.50. The van der Waals surface area contributed by atoms with Crippen molar-refractivity contribution in [2.75, 3.05) is 42.1 Å². The van der Waals surface area contributed by atoms with E-state index in [0.717, 1.165) is 32.0 Å². The summed E-state index contributed by atoms with van der Waals surface area (Å²) in [6, 6.07) is 22.0. The number of piperazine rings is 1. The molecular weight excluding hydrogens is 372 g/mol. The SMILES string of the molecule is CC(C)Nc1ncnc(N2CCN(C(c3ccccc3)c3ccccc3)CC2)c1N. The zero-order chi connectivity index (χ0) is 20.9. The van der Waals surface area contributed by atoms with E-state index in [4.69, 9.17) is 5.73 Å². The van der Waals surface area contributed by atoms with Gasteiger partial charge in [0.2, 0.25) is 0 Å². The van der Waals surface area contributed by atoms with E-state index >= 15 is 0 Å².